The number of aromatic amines is 2. The molecule has 24 heteroatoms. The minimum absolute atomic E-state index is 0.665. The quantitative estimate of drug-likeness (QED) is 0.0688. The molecule has 5 heterocycles. The van der Waals surface area contributed by atoms with E-state index in [0.29, 0.717) is 48.6 Å². The zero-order valence-corrected chi connectivity index (χ0v) is 35.7. The van der Waals surface area contributed by atoms with E-state index in [1.54, 1.807) is 11.8 Å². The maximum atomic E-state index is 16.4. The molecule has 0 unspecified atom stereocenters. The second-order valence-corrected chi connectivity index (χ2v) is 15.3. The number of nitrogens with one attached hydrogen (secondary N) is 2. The van der Waals surface area contributed by atoms with Crippen LogP contribution in [0.2, 0.25) is 0 Å². The van der Waals surface area contributed by atoms with Crippen molar-refractivity contribution in [2.45, 2.75) is 0 Å². The van der Waals surface area contributed by atoms with E-state index < -0.39 is 219 Å². The molecule has 6 nitrogen and oxygen atoms in total. The van der Waals surface area contributed by atoms with Crippen LogP contribution in [0.4, 0.5) is 79.0 Å². The van der Waals surface area contributed by atoms with Gasteiger partial charge in [0.15, 0.2) is 81.3 Å². The Bertz CT molecular complexity index is 3620. The number of halogens is 18. The Morgan fingerprint density at radius 3 is 0.730 bits per heavy atom. The SMILES string of the molecule is C#CCOc1c(F)c(F)c(-c2c3nc(c(-c4c(F)c(F)c(F)c(F)c4F)c4ccc([nH]4)c(-c4c(F)c(F)c(OCC#C)c(F)c4F)c4nc(c(-c5c(F)c(F)c(F)c(F)c5F)c5ccc2[nH]5)C=C4)C=C3)c(F)c1F. The third-order valence-corrected chi connectivity index (χ3v) is 11.2. The lowest BCUT2D eigenvalue weighted by atomic mass is 10.0. The normalized spacial score (nSPS) is 11.9. The number of terminal acetylenes is 2. The Hall–Kier alpha value is -9.06. The van der Waals surface area contributed by atoms with Gasteiger partial charge in [-0.05, 0) is 48.6 Å². The highest BCUT2D eigenvalue weighted by atomic mass is 19.2. The van der Waals surface area contributed by atoms with Crippen molar-refractivity contribution in [2.24, 2.45) is 0 Å². The highest BCUT2D eigenvalue weighted by molar-refractivity contribution is 6.00. The van der Waals surface area contributed by atoms with E-state index in [1.165, 1.54) is 0 Å². The molecule has 2 aliphatic rings. The monoisotopic (exact) mass is 1050 g/mol. The van der Waals surface area contributed by atoms with Gasteiger partial charge in [0.1, 0.15) is 13.2 Å². The summed E-state index contributed by atoms with van der Waals surface area (Å²) < 4.78 is 291. The van der Waals surface area contributed by atoms with Crippen molar-refractivity contribution >= 4 is 46.4 Å². The van der Waals surface area contributed by atoms with Crippen LogP contribution >= 0.6 is 0 Å². The van der Waals surface area contributed by atoms with Crippen molar-refractivity contribution in [3.8, 4) is 80.7 Å². The van der Waals surface area contributed by atoms with E-state index in [1.807, 2.05) is 0 Å². The van der Waals surface area contributed by atoms with Crippen LogP contribution in [-0.2, 0) is 0 Å². The molecule has 0 amide bonds. The molecule has 0 fully saturated rings. The predicted molar refractivity (Wildman–Crippen MR) is 229 cm³/mol. The first-order valence-corrected chi connectivity index (χ1v) is 20.2. The molecule has 0 saturated carbocycles. The lowest BCUT2D eigenvalue weighted by Crippen LogP contribution is -2.07. The molecule has 2 N–H and O–H groups in total. The van der Waals surface area contributed by atoms with Gasteiger partial charge in [0.05, 0.1) is 45.0 Å². The summed E-state index contributed by atoms with van der Waals surface area (Å²) in [5.74, 6) is -44.1. The second-order valence-electron chi connectivity index (χ2n) is 15.3. The third-order valence-electron chi connectivity index (χ3n) is 11.2. The molecule has 374 valence electrons. The molecular formula is C50H16F18N4O2. The van der Waals surface area contributed by atoms with Crippen LogP contribution < -0.4 is 9.47 Å². The van der Waals surface area contributed by atoms with Gasteiger partial charge in [0.25, 0.3) is 0 Å². The number of ether oxygens (including phenoxy) is 2. The van der Waals surface area contributed by atoms with E-state index in [9.17, 15) is 8.78 Å². The van der Waals surface area contributed by atoms with Gasteiger partial charge < -0.3 is 19.4 Å². The minimum atomic E-state index is -2.69. The summed E-state index contributed by atoms with van der Waals surface area (Å²) >= 11 is 0. The molecule has 9 rings (SSSR count). The molecule has 74 heavy (non-hydrogen) atoms. The van der Waals surface area contributed by atoms with Gasteiger partial charge >= 0.3 is 0 Å². The van der Waals surface area contributed by atoms with E-state index >= 15 is 70.2 Å². The van der Waals surface area contributed by atoms with Crippen molar-refractivity contribution in [2.75, 3.05) is 13.2 Å². The highest BCUT2D eigenvalue weighted by Gasteiger charge is 2.36. The van der Waals surface area contributed by atoms with Gasteiger partial charge in [-0.2, -0.15) is 17.6 Å². The van der Waals surface area contributed by atoms with Crippen molar-refractivity contribution < 1.29 is 88.5 Å². The number of hydrogen-bond acceptors (Lipinski definition) is 4. The van der Waals surface area contributed by atoms with Crippen LogP contribution in [0.3, 0.4) is 0 Å². The van der Waals surface area contributed by atoms with Crippen LogP contribution in [0.1, 0.15) is 22.8 Å². The molecular weight excluding hydrogens is 1030 g/mol. The summed E-state index contributed by atoms with van der Waals surface area (Å²) in [5.41, 5.74) is -19.3. The molecule has 3 aromatic heterocycles. The van der Waals surface area contributed by atoms with Crippen LogP contribution in [0.25, 0.3) is 90.9 Å². The fourth-order valence-corrected chi connectivity index (χ4v) is 8.05. The fraction of sp³-hybridized carbons (Fsp3) is 0.0400. The second kappa shape index (κ2) is 18.5. The zero-order chi connectivity index (χ0) is 53.5. The lowest BCUT2D eigenvalue weighted by Gasteiger charge is -2.13. The van der Waals surface area contributed by atoms with E-state index in [4.69, 9.17) is 12.8 Å². The van der Waals surface area contributed by atoms with Crippen molar-refractivity contribution in [1.29, 1.82) is 0 Å². The Morgan fingerprint density at radius 2 is 0.514 bits per heavy atom. The summed E-state index contributed by atoms with van der Waals surface area (Å²) in [6.45, 7) is -1.93. The average molecular weight is 1050 g/mol. The van der Waals surface area contributed by atoms with Crippen LogP contribution in [0.5, 0.6) is 11.5 Å². The number of aromatic nitrogens is 4. The van der Waals surface area contributed by atoms with Gasteiger partial charge in [-0.3, -0.25) is 0 Å². The summed E-state index contributed by atoms with van der Waals surface area (Å²) in [7, 11) is 0. The van der Waals surface area contributed by atoms with Crippen LogP contribution in [-0.4, -0.2) is 33.1 Å². The number of fused-ring (bicyclic) bond motifs is 8. The smallest absolute Gasteiger partial charge is 0.204 e. The number of rotatable bonds is 8. The zero-order valence-electron chi connectivity index (χ0n) is 35.7. The molecule has 0 saturated heterocycles. The third kappa shape index (κ3) is 7.54. The number of H-pyrrole nitrogens is 2. The van der Waals surface area contributed by atoms with Crippen LogP contribution in [0.15, 0.2) is 24.3 Å². The average Bonchev–Trinajstić information content (AvgIpc) is 4.25. The first-order chi connectivity index (χ1) is 35.2. The van der Waals surface area contributed by atoms with Crippen molar-refractivity contribution in [3.63, 3.8) is 0 Å². The first kappa shape index (κ1) is 49.9. The lowest BCUT2D eigenvalue weighted by molar-refractivity contribution is 0.307. The molecule has 0 aliphatic carbocycles. The van der Waals surface area contributed by atoms with Gasteiger partial charge in [0, 0.05) is 44.3 Å². The molecule has 0 spiro atoms. The van der Waals surface area contributed by atoms with Gasteiger partial charge in [-0.1, -0.05) is 11.8 Å². The molecule has 7 aromatic rings. The van der Waals surface area contributed by atoms with E-state index in [-0.39, 0.29) is 0 Å². The predicted octanol–water partition coefficient (Wildman–Crippen LogP) is 13.9. The summed E-state index contributed by atoms with van der Waals surface area (Å²) in [6, 6.07) is 2.79. The van der Waals surface area contributed by atoms with Crippen molar-refractivity contribution in [1.82, 2.24) is 19.9 Å². The maximum Gasteiger partial charge on any atom is 0.204 e. The molecule has 0 atom stereocenters. The van der Waals surface area contributed by atoms with Gasteiger partial charge in [0.2, 0.25) is 34.9 Å². The highest BCUT2D eigenvalue weighted by Crippen LogP contribution is 2.46. The summed E-state index contributed by atoms with van der Waals surface area (Å²) in [4.78, 5) is 12.8. The topological polar surface area (TPSA) is 75.8 Å². The van der Waals surface area contributed by atoms with E-state index in [2.05, 4.69) is 29.4 Å². The van der Waals surface area contributed by atoms with Gasteiger partial charge in [-0.25, -0.2) is 71.4 Å². The molecule has 2 aliphatic heterocycles. The largest absolute Gasteiger partial charge is 0.475 e. The maximum absolute atomic E-state index is 16.4. The number of benzene rings is 4. The molecule has 0 radical (unpaired) electrons. The molecule has 8 bridgehead atoms. The Kier molecular flexibility index (Phi) is 12.5. The molecule has 4 aromatic carbocycles. The first-order valence-electron chi connectivity index (χ1n) is 20.2. The minimum Gasteiger partial charge on any atom is -0.475 e. The number of hydrogen-bond donors (Lipinski definition) is 2. The number of nitrogens with zero attached hydrogens (tertiary/aromatic N) is 2. The fourth-order valence-electron chi connectivity index (χ4n) is 8.05. The Labute approximate surface area is 399 Å². The summed E-state index contributed by atoms with van der Waals surface area (Å²) in [5, 5.41) is 0. The Morgan fingerprint density at radius 1 is 0.311 bits per heavy atom. The van der Waals surface area contributed by atoms with Crippen LogP contribution in [0, 0.1) is 129 Å². The Balaban J connectivity index is 1.57. The standard InChI is InChI=1S/C50H16F18N4O2/c1-3-13-73-49-45(65)35(55)29(36(56)46(49)66)25-19-9-5-15(69-19)23(27-31(51)39(59)43(63)40(60)32(27)52)17-7-11-21(71-17)26(30-37(57)47(67)50(74-14-4-2)48(68)38(30)58)22-12-8-18(72-22)24(16-6-10-20(25)70-16)28-33(53)41(61)44(64)42(62)34(28)54/h1-2,5-12,69,72H,13-14H2. The van der Waals surface area contributed by atoms with Gasteiger partial charge in [-0.15, -0.1) is 12.8 Å². The van der Waals surface area contributed by atoms with E-state index in [0.717, 1.165) is 0 Å². The summed E-state index contributed by atoms with van der Waals surface area (Å²) in [6.07, 6.45) is 12.8. The van der Waals surface area contributed by atoms with Crippen molar-refractivity contribution in [3.05, 3.63) is 152 Å².